The topological polar surface area (TPSA) is 9.23 Å². The fraction of sp³-hybridized carbons (Fsp3) is 0.889. The smallest absolute Gasteiger partial charge is 1.00 e. The summed E-state index contributed by atoms with van der Waals surface area (Å²) in [5, 5.41) is 0. The van der Waals surface area contributed by atoms with E-state index in [9.17, 15) is 0 Å². The Morgan fingerprint density at radius 3 is 2.25 bits per heavy atom. The Kier molecular flexibility index (Phi) is 23.2. The van der Waals surface area contributed by atoms with Crippen molar-refractivity contribution in [3.8, 4) is 0 Å². The number of hydrogen-bond acceptors (Lipinski definition) is 1. The van der Waals surface area contributed by atoms with E-state index >= 15 is 0 Å². The van der Waals surface area contributed by atoms with Crippen LogP contribution < -0.4 is 17.0 Å². The minimum atomic E-state index is 0. The number of ether oxygens (including phenoxy) is 1. The number of hydrogen-bond donors (Lipinski definition) is 0. The normalized spacial score (nSPS) is 11.2. The summed E-state index contributed by atoms with van der Waals surface area (Å²) in [6.07, 6.45) is 6.29. The van der Waals surface area contributed by atoms with E-state index < -0.39 is 0 Å². The first-order chi connectivity index (χ1) is 4.85. The van der Waals surface area contributed by atoms with E-state index in [0.717, 1.165) is 6.42 Å². The van der Waals surface area contributed by atoms with E-state index in [1.165, 1.54) is 25.7 Å². The third-order valence-electron chi connectivity index (χ3n) is 1.72. The Morgan fingerprint density at radius 1 is 1.33 bits per heavy atom. The van der Waals surface area contributed by atoms with Crippen LogP contribution in [0.15, 0.2) is 0 Å². The number of unbranched alkanes of at least 4 members (excludes halogenated alkanes) is 1. The second-order valence-corrected chi connectivity index (χ2v) is 2.64. The van der Waals surface area contributed by atoms with E-state index in [2.05, 4.69) is 13.8 Å². The predicted octanol–water partition coefficient (Wildman–Crippen LogP) is -0.571. The molecule has 0 aromatic heterocycles. The van der Waals surface area contributed by atoms with Crippen LogP contribution in [-0.2, 0) is 4.74 Å². The molecule has 0 aromatic carbocycles. The quantitative estimate of drug-likeness (QED) is 0.451. The first kappa shape index (κ1) is 18.9. The average Bonchev–Trinajstić information content (AvgIpc) is 1.98. The van der Waals surface area contributed by atoms with Gasteiger partial charge in [0.2, 0.25) is 0 Å². The van der Waals surface area contributed by atoms with Gasteiger partial charge in [0.25, 0.3) is 0 Å². The van der Waals surface area contributed by atoms with Crippen LogP contribution in [0.2, 0.25) is 0 Å². The first-order valence-corrected chi connectivity index (χ1v) is 4.17. The maximum absolute atomic E-state index is 5.26. The molecule has 70 valence electrons. The van der Waals surface area contributed by atoms with Crippen LogP contribution >= 0.6 is 0 Å². The Labute approximate surface area is 104 Å². The number of methoxy groups -OCH3 is 1. The number of rotatable bonds is 6. The fourth-order valence-corrected chi connectivity index (χ4v) is 1.07. The molecule has 1 nitrogen and oxygen atoms in total. The largest absolute Gasteiger partial charge is 2.00 e. The fourth-order valence-electron chi connectivity index (χ4n) is 1.07. The SMILES string of the molecule is [Br-].[CH2-]CCCC(CCC)OC.[Mg+2]. The molecule has 12 heavy (non-hydrogen) atoms. The maximum atomic E-state index is 5.26. The van der Waals surface area contributed by atoms with Crippen LogP contribution in [0.4, 0.5) is 0 Å². The zero-order valence-electron chi connectivity index (χ0n) is 8.31. The second-order valence-electron chi connectivity index (χ2n) is 2.64. The second kappa shape index (κ2) is 14.7. The van der Waals surface area contributed by atoms with Crippen molar-refractivity contribution in [3.05, 3.63) is 6.92 Å². The van der Waals surface area contributed by atoms with Crippen molar-refractivity contribution < 1.29 is 21.7 Å². The Balaban J connectivity index is -0.000000405. The number of halogens is 1. The van der Waals surface area contributed by atoms with E-state index in [4.69, 9.17) is 4.74 Å². The van der Waals surface area contributed by atoms with Crippen LogP contribution in [-0.4, -0.2) is 36.3 Å². The Hall–Kier alpha value is 1.21. The summed E-state index contributed by atoms with van der Waals surface area (Å²) in [6.45, 7) is 5.99. The van der Waals surface area contributed by atoms with Gasteiger partial charge in [0.15, 0.2) is 0 Å². The third kappa shape index (κ3) is 11.2. The van der Waals surface area contributed by atoms with Gasteiger partial charge in [-0.2, -0.15) is 6.42 Å². The molecule has 0 aromatic rings. The van der Waals surface area contributed by atoms with Gasteiger partial charge >= 0.3 is 23.1 Å². The van der Waals surface area contributed by atoms with Crippen molar-refractivity contribution in [2.24, 2.45) is 0 Å². The summed E-state index contributed by atoms with van der Waals surface area (Å²) < 4.78 is 5.26. The van der Waals surface area contributed by atoms with Crippen LogP contribution in [0, 0.1) is 6.92 Å². The van der Waals surface area contributed by atoms with Crippen molar-refractivity contribution in [1.29, 1.82) is 0 Å². The monoisotopic (exact) mass is 246 g/mol. The molecule has 0 fully saturated rings. The average molecular weight is 247 g/mol. The van der Waals surface area contributed by atoms with Crippen molar-refractivity contribution in [2.75, 3.05) is 7.11 Å². The molecule has 3 heteroatoms. The molecule has 0 aliphatic rings. The molecule has 1 unspecified atom stereocenters. The summed E-state index contributed by atoms with van der Waals surface area (Å²) in [6, 6.07) is 0. The molecule has 1 atom stereocenters. The minimum absolute atomic E-state index is 0. The van der Waals surface area contributed by atoms with E-state index in [1.807, 2.05) is 0 Å². The van der Waals surface area contributed by atoms with E-state index in [1.54, 1.807) is 7.11 Å². The van der Waals surface area contributed by atoms with Crippen molar-refractivity contribution >= 4 is 23.1 Å². The van der Waals surface area contributed by atoms with Gasteiger partial charge in [-0.1, -0.05) is 19.8 Å². The molecular weight excluding hydrogens is 228 g/mol. The van der Waals surface area contributed by atoms with Gasteiger partial charge < -0.3 is 28.6 Å². The van der Waals surface area contributed by atoms with Gasteiger partial charge in [-0.25, -0.2) is 0 Å². The predicted molar refractivity (Wildman–Crippen MR) is 50.7 cm³/mol. The molecule has 0 spiro atoms. The molecular formula is C9H19BrMgO. The van der Waals surface area contributed by atoms with Crippen LogP contribution in [0.25, 0.3) is 0 Å². The molecule has 0 amide bonds. The molecule has 0 aliphatic carbocycles. The molecule has 0 heterocycles. The minimum Gasteiger partial charge on any atom is -1.00 e. The summed E-state index contributed by atoms with van der Waals surface area (Å²) in [7, 11) is 1.80. The molecule has 0 rings (SSSR count). The van der Waals surface area contributed by atoms with Crippen LogP contribution in [0.1, 0.15) is 39.0 Å². The van der Waals surface area contributed by atoms with E-state index in [-0.39, 0.29) is 40.0 Å². The zero-order valence-corrected chi connectivity index (χ0v) is 11.3. The van der Waals surface area contributed by atoms with Gasteiger partial charge in [-0.15, -0.1) is 0 Å². The van der Waals surface area contributed by atoms with Gasteiger partial charge in [-0.05, 0) is 12.8 Å². The van der Waals surface area contributed by atoms with E-state index in [0.29, 0.717) is 6.10 Å². The van der Waals surface area contributed by atoms with Crippen LogP contribution in [0.5, 0.6) is 0 Å². The molecule has 0 N–H and O–H groups in total. The third-order valence-corrected chi connectivity index (χ3v) is 1.72. The summed E-state index contributed by atoms with van der Waals surface area (Å²) in [5.41, 5.74) is 0. The van der Waals surface area contributed by atoms with Crippen molar-refractivity contribution in [1.82, 2.24) is 0 Å². The molecule has 0 bridgehead atoms. The van der Waals surface area contributed by atoms with Gasteiger partial charge in [0.05, 0.1) is 6.10 Å². The Bertz CT molecular complexity index is 71.5. The molecule has 0 saturated heterocycles. The van der Waals surface area contributed by atoms with Gasteiger partial charge in [-0.3, -0.25) is 0 Å². The first-order valence-electron chi connectivity index (χ1n) is 4.17. The van der Waals surface area contributed by atoms with Gasteiger partial charge in [0, 0.05) is 7.11 Å². The standard InChI is InChI=1S/C9H19O.BrH.Mg/c1-4-6-8-9(10-3)7-5-2;;/h9H,1,4-8H2,2-3H3;1H;/q-1;;+2/p-1. The Morgan fingerprint density at radius 2 is 1.92 bits per heavy atom. The zero-order chi connectivity index (χ0) is 7.82. The maximum Gasteiger partial charge on any atom is 2.00 e. The van der Waals surface area contributed by atoms with Crippen LogP contribution in [0.3, 0.4) is 0 Å². The summed E-state index contributed by atoms with van der Waals surface area (Å²) in [4.78, 5) is 0. The molecule has 0 radical (unpaired) electrons. The van der Waals surface area contributed by atoms with Crippen molar-refractivity contribution in [2.45, 2.75) is 45.1 Å². The summed E-state index contributed by atoms with van der Waals surface area (Å²) >= 11 is 0. The van der Waals surface area contributed by atoms with Gasteiger partial charge in [0.1, 0.15) is 0 Å². The molecule has 0 saturated carbocycles. The summed E-state index contributed by atoms with van der Waals surface area (Å²) in [5.74, 6) is 0. The van der Waals surface area contributed by atoms with Crippen molar-refractivity contribution in [3.63, 3.8) is 0 Å². The molecule has 0 aliphatic heterocycles.